The predicted molar refractivity (Wildman–Crippen MR) is 35.6 cm³/mol. The number of aromatic hydroxyl groups is 2. The Hall–Kier alpha value is -1.36. The number of hydrogen-bond acceptors (Lipinski definition) is 3. The summed E-state index contributed by atoms with van der Waals surface area (Å²) in [5, 5.41) is 25.9. The maximum atomic E-state index is 12.7. The van der Waals surface area contributed by atoms with E-state index < -0.39 is 35.3 Å². The van der Waals surface area contributed by atoms with Gasteiger partial charge in [-0.25, -0.2) is 8.78 Å². The number of rotatable bonds is 1. The van der Waals surface area contributed by atoms with Gasteiger partial charge in [0.15, 0.2) is 23.1 Å². The Morgan fingerprint density at radius 3 is 1.83 bits per heavy atom. The van der Waals surface area contributed by atoms with E-state index in [1.165, 1.54) is 0 Å². The largest absolute Gasteiger partial charge is 0.505 e. The summed E-state index contributed by atoms with van der Waals surface area (Å²) < 4.78 is 25.4. The monoisotopic (exact) mass is 176 g/mol. The van der Waals surface area contributed by atoms with E-state index in [1.807, 2.05) is 0 Å². The molecule has 66 valence electrons. The number of hydrogen-bond donors (Lipinski definition) is 3. The molecule has 1 aromatic carbocycles. The van der Waals surface area contributed by atoms with Gasteiger partial charge in [0, 0.05) is 6.07 Å². The average Bonchev–Trinajstić information content (AvgIpc) is 2.02. The molecular formula is C7H6F2O3. The minimum atomic E-state index is -1.26. The third-order valence-corrected chi connectivity index (χ3v) is 1.41. The second-order valence-electron chi connectivity index (χ2n) is 2.18. The molecule has 0 aliphatic carbocycles. The van der Waals surface area contributed by atoms with Crippen LogP contribution in [0.2, 0.25) is 0 Å². The van der Waals surface area contributed by atoms with Crippen LogP contribution in [-0.2, 0) is 6.61 Å². The summed E-state index contributed by atoms with van der Waals surface area (Å²) in [4.78, 5) is 0. The molecule has 0 bridgehead atoms. The molecule has 0 fully saturated rings. The molecule has 3 N–H and O–H groups in total. The van der Waals surface area contributed by atoms with Gasteiger partial charge in [0.1, 0.15) is 0 Å². The topological polar surface area (TPSA) is 60.7 Å². The van der Waals surface area contributed by atoms with Crippen LogP contribution in [0, 0.1) is 11.6 Å². The highest BCUT2D eigenvalue weighted by Crippen LogP contribution is 2.29. The molecule has 1 aromatic rings. The van der Waals surface area contributed by atoms with Crippen LogP contribution >= 0.6 is 0 Å². The normalized spacial score (nSPS) is 10.2. The van der Waals surface area contributed by atoms with Gasteiger partial charge in [-0.2, -0.15) is 0 Å². The van der Waals surface area contributed by atoms with Crippen LogP contribution < -0.4 is 0 Å². The molecule has 0 radical (unpaired) electrons. The minimum Gasteiger partial charge on any atom is -0.505 e. The van der Waals surface area contributed by atoms with Crippen molar-refractivity contribution in [2.24, 2.45) is 0 Å². The zero-order valence-electron chi connectivity index (χ0n) is 5.88. The maximum absolute atomic E-state index is 12.7. The third kappa shape index (κ3) is 1.18. The highest BCUT2D eigenvalue weighted by molar-refractivity contribution is 5.39. The van der Waals surface area contributed by atoms with Gasteiger partial charge in [-0.05, 0) is 0 Å². The Morgan fingerprint density at radius 1 is 1.08 bits per heavy atom. The van der Waals surface area contributed by atoms with Crippen molar-refractivity contribution in [1.29, 1.82) is 0 Å². The standard InChI is InChI=1S/C7H6F2O3/c8-6-3(2-10)7(9)5(12)1-4(6)11/h1,10-12H,2H2. The Balaban J connectivity index is 3.42. The first-order chi connectivity index (χ1) is 5.57. The van der Waals surface area contributed by atoms with Gasteiger partial charge in [0.05, 0.1) is 12.2 Å². The second kappa shape index (κ2) is 2.94. The van der Waals surface area contributed by atoms with Crippen molar-refractivity contribution < 1.29 is 24.1 Å². The van der Waals surface area contributed by atoms with E-state index in [2.05, 4.69) is 0 Å². The van der Waals surface area contributed by atoms with Crippen molar-refractivity contribution in [3.05, 3.63) is 23.3 Å². The fourth-order valence-corrected chi connectivity index (χ4v) is 0.801. The van der Waals surface area contributed by atoms with Crippen molar-refractivity contribution in [3.63, 3.8) is 0 Å². The summed E-state index contributed by atoms with van der Waals surface area (Å²) in [5.74, 6) is -4.29. The lowest BCUT2D eigenvalue weighted by Gasteiger charge is -2.04. The van der Waals surface area contributed by atoms with E-state index in [0.29, 0.717) is 6.07 Å². The van der Waals surface area contributed by atoms with Crippen molar-refractivity contribution in [2.75, 3.05) is 0 Å². The zero-order valence-corrected chi connectivity index (χ0v) is 5.88. The van der Waals surface area contributed by atoms with Gasteiger partial charge in [0.25, 0.3) is 0 Å². The zero-order chi connectivity index (χ0) is 9.30. The molecule has 0 heterocycles. The summed E-state index contributed by atoms with van der Waals surface area (Å²) >= 11 is 0. The number of benzene rings is 1. The number of phenolic OH excluding ortho intramolecular Hbond substituents is 2. The number of phenols is 2. The van der Waals surface area contributed by atoms with Crippen molar-refractivity contribution in [3.8, 4) is 11.5 Å². The van der Waals surface area contributed by atoms with E-state index in [4.69, 9.17) is 15.3 Å². The fraction of sp³-hybridized carbons (Fsp3) is 0.143. The molecule has 5 heteroatoms. The molecule has 0 aromatic heterocycles. The van der Waals surface area contributed by atoms with Gasteiger partial charge >= 0.3 is 0 Å². The van der Waals surface area contributed by atoms with Crippen LogP contribution in [0.3, 0.4) is 0 Å². The predicted octanol–water partition coefficient (Wildman–Crippen LogP) is 0.868. The molecule has 1 rings (SSSR count). The maximum Gasteiger partial charge on any atom is 0.173 e. The first kappa shape index (κ1) is 8.73. The molecule has 0 atom stereocenters. The average molecular weight is 176 g/mol. The highest BCUT2D eigenvalue weighted by Gasteiger charge is 2.16. The van der Waals surface area contributed by atoms with Crippen LogP contribution in [-0.4, -0.2) is 15.3 Å². The van der Waals surface area contributed by atoms with Crippen molar-refractivity contribution in [2.45, 2.75) is 6.61 Å². The Labute approximate surface area is 66.5 Å². The Kier molecular flexibility index (Phi) is 2.14. The van der Waals surface area contributed by atoms with Gasteiger partial charge in [-0.1, -0.05) is 0 Å². The fourth-order valence-electron chi connectivity index (χ4n) is 0.801. The summed E-state index contributed by atoms with van der Waals surface area (Å²) in [6.07, 6.45) is 0. The first-order valence-electron chi connectivity index (χ1n) is 3.07. The molecule has 3 nitrogen and oxygen atoms in total. The van der Waals surface area contributed by atoms with Crippen molar-refractivity contribution >= 4 is 0 Å². The van der Waals surface area contributed by atoms with Crippen LogP contribution in [0.25, 0.3) is 0 Å². The first-order valence-corrected chi connectivity index (χ1v) is 3.07. The lowest BCUT2D eigenvalue weighted by atomic mass is 10.2. The lowest BCUT2D eigenvalue weighted by molar-refractivity contribution is 0.262. The summed E-state index contributed by atoms with van der Waals surface area (Å²) in [6.45, 7) is -0.917. The van der Waals surface area contributed by atoms with E-state index in [-0.39, 0.29) is 0 Å². The number of aliphatic hydroxyl groups is 1. The SMILES string of the molecule is OCc1c(F)c(O)cc(O)c1F. The Morgan fingerprint density at radius 2 is 1.50 bits per heavy atom. The van der Waals surface area contributed by atoms with E-state index in [0.717, 1.165) is 0 Å². The van der Waals surface area contributed by atoms with Gasteiger partial charge < -0.3 is 15.3 Å². The summed E-state index contributed by atoms with van der Waals surface area (Å²) in [7, 11) is 0. The molecule has 0 amide bonds. The van der Waals surface area contributed by atoms with Crippen LogP contribution in [0.5, 0.6) is 11.5 Å². The molecule has 0 aliphatic heterocycles. The second-order valence-corrected chi connectivity index (χ2v) is 2.18. The van der Waals surface area contributed by atoms with Gasteiger partial charge in [-0.3, -0.25) is 0 Å². The van der Waals surface area contributed by atoms with Crippen molar-refractivity contribution in [1.82, 2.24) is 0 Å². The quantitative estimate of drug-likeness (QED) is 0.594. The van der Waals surface area contributed by atoms with Crippen LogP contribution in [0.1, 0.15) is 5.56 Å². The minimum absolute atomic E-state index is 0.532. The number of halogens is 2. The van der Waals surface area contributed by atoms with Crippen LogP contribution in [0.4, 0.5) is 8.78 Å². The van der Waals surface area contributed by atoms with Crippen LogP contribution in [0.15, 0.2) is 6.07 Å². The van der Waals surface area contributed by atoms with E-state index in [9.17, 15) is 8.78 Å². The third-order valence-electron chi connectivity index (χ3n) is 1.41. The molecule has 0 aliphatic rings. The molecule has 0 saturated heterocycles. The molecule has 0 unspecified atom stereocenters. The Bertz CT molecular complexity index is 286. The van der Waals surface area contributed by atoms with Gasteiger partial charge in [0.2, 0.25) is 0 Å². The van der Waals surface area contributed by atoms with E-state index in [1.54, 1.807) is 0 Å². The molecule has 0 spiro atoms. The molecule has 0 saturated carbocycles. The highest BCUT2D eigenvalue weighted by atomic mass is 19.1. The molecule has 12 heavy (non-hydrogen) atoms. The smallest absolute Gasteiger partial charge is 0.173 e. The number of aliphatic hydroxyl groups excluding tert-OH is 1. The van der Waals surface area contributed by atoms with E-state index >= 15 is 0 Å². The lowest BCUT2D eigenvalue weighted by Crippen LogP contribution is -1.95. The van der Waals surface area contributed by atoms with Gasteiger partial charge in [-0.15, -0.1) is 0 Å². The molecular weight excluding hydrogens is 170 g/mol. The summed E-state index contributed by atoms with van der Waals surface area (Å²) in [6, 6.07) is 0.532. The summed E-state index contributed by atoms with van der Waals surface area (Å²) in [5.41, 5.74) is -0.743.